The lowest BCUT2D eigenvalue weighted by molar-refractivity contribution is -0.354. The molecule has 0 radical (unpaired) electrons. The molecule has 1 N–H and O–H groups in total. The summed E-state index contributed by atoms with van der Waals surface area (Å²) in [4.78, 5) is 25.3. The maximum Gasteiger partial charge on any atom is 0.522 e. The van der Waals surface area contributed by atoms with Gasteiger partial charge in [-0.2, -0.15) is 5.10 Å². The minimum atomic E-state index is -4.60. The highest BCUT2D eigenvalue weighted by Crippen LogP contribution is 2.65. The van der Waals surface area contributed by atoms with Gasteiger partial charge in [0, 0.05) is 10.6 Å². The van der Waals surface area contributed by atoms with E-state index < -0.39 is 18.6 Å². The molecule has 8 nitrogen and oxygen atoms in total. The Kier molecular flexibility index (Phi) is 5.31. The first-order valence-electron chi connectivity index (χ1n) is 11.8. The number of benzene rings is 1. The highest BCUT2D eigenvalue weighted by molar-refractivity contribution is 6.31. The molecule has 1 aromatic heterocycles. The van der Waals surface area contributed by atoms with Crippen LogP contribution in [-0.2, 0) is 15.1 Å². The average Bonchev–Trinajstić information content (AvgIpc) is 3.19. The fraction of sp³-hybridized carbons (Fsp3) is 0.542. The Labute approximate surface area is 209 Å². The summed E-state index contributed by atoms with van der Waals surface area (Å²) in [7, 11) is 0. The molecule has 0 spiro atoms. The number of aromatic nitrogens is 2. The summed E-state index contributed by atoms with van der Waals surface area (Å²) in [6.45, 7) is 0.311. The molecule has 1 aliphatic heterocycles. The second-order valence-corrected chi connectivity index (χ2v) is 10.8. The van der Waals surface area contributed by atoms with Crippen LogP contribution in [0.2, 0.25) is 5.02 Å². The SMILES string of the molecule is O=C1C[C@H](C(=O)NC23CC(n4cc(OC[C@H]5C[C@@H](OC(F)(F)F)C5)cn4)(C2)C3)Oc2ccc(Cl)cc21. The molecule has 4 fully saturated rings. The van der Waals surface area contributed by atoms with E-state index in [-0.39, 0.29) is 35.1 Å². The first kappa shape index (κ1) is 23.6. The minimum Gasteiger partial charge on any atom is -0.490 e. The van der Waals surface area contributed by atoms with Crippen molar-refractivity contribution in [2.24, 2.45) is 5.92 Å². The van der Waals surface area contributed by atoms with Crippen molar-refractivity contribution < 1.29 is 37.0 Å². The van der Waals surface area contributed by atoms with Gasteiger partial charge < -0.3 is 14.8 Å². The Morgan fingerprint density at radius 3 is 2.75 bits per heavy atom. The lowest BCUT2D eigenvalue weighted by Gasteiger charge is -2.70. The zero-order valence-corrected chi connectivity index (χ0v) is 19.8. The van der Waals surface area contributed by atoms with E-state index in [1.807, 2.05) is 4.68 Å². The minimum absolute atomic E-state index is 0.0203. The van der Waals surface area contributed by atoms with Crippen LogP contribution < -0.4 is 14.8 Å². The highest BCUT2D eigenvalue weighted by atomic mass is 35.5. The molecule has 4 saturated carbocycles. The number of amides is 1. The number of Topliss-reactive ketones (excluding diaryl/α,β-unsaturated/α-hetero) is 1. The molecule has 1 amide bonds. The van der Waals surface area contributed by atoms with E-state index in [0.717, 1.165) is 0 Å². The predicted octanol–water partition coefficient (Wildman–Crippen LogP) is 4.01. The lowest BCUT2D eigenvalue weighted by Crippen LogP contribution is -2.79. The molecular weight excluding hydrogens is 503 g/mol. The number of ether oxygens (including phenoxy) is 3. The van der Waals surface area contributed by atoms with Crippen LogP contribution in [0.15, 0.2) is 30.6 Å². The molecule has 36 heavy (non-hydrogen) atoms. The zero-order valence-electron chi connectivity index (χ0n) is 19.0. The Balaban J connectivity index is 0.976. The van der Waals surface area contributed by atoms with Crippen molar-refractivity contribution in [2.45, 2.75) is 68.2 Å². The number of halogens is 4. The van der Waals surface area contributed by atoms with Gasteiger partial charge in [0.1, 0.15) is 5.75 Å². The molecule has 4 aliphatic carbocycles. The molecule has 0 saturated heterocycles. The van der Waals surface area contributed by atoms with Crippen molar-refractivity contribution in [3.63, 3.8) is 0 Å². The van der Waals surface area contributed by atoms with Crippen LogP contribution in [0.3, 0.4) is 0 Å². The van der Waals surface area contributed by atoms with Gasteiger partial charge in [0.05, 0.1) is 42.6 Å². The number of ketones is 1. The van der Waals surface area contributed by atoms with Gasteiger partial charge in [0.25, 0.3) is 5.91 Å². The number of nitrogens with one attached hydrogen (secondary N) is 1. The summed E-state index contributed by atoms with van der Waals surface area (Å²) in [5, 5.41) is 7.90. The van der Waals surface area contributed by atoms with Gasteiger partial charge in [-0.25, -0.2) is 0 Å². The summed E-state index contributed by atoms with van der Waals surface area (Å²) in [5.74, 6) is 0.453. The van der Waals surface area contributed by atoms with Crippen molar-refractivity contribution in [3.8, 4) is 11.5 Å². The molecule has 7 rings (SSSR count). The first-order valence-corrected chi connectivity index (χ1v) is 12.1. The van der Waals surface area contributed by atoms with E-state index in [0.29, 0.717) is 60.8 Å². The van der Waals surface area contributed by atoms with Gasteiger partial charge in [-0.15, -0.1) is 13.2 Å². The fourth-order valence-corrected chi connectivity index (χ4v) is 6.02. The van der Waals surface area contributed by atoms with Gasteiger partial charge >= 0.3 is 6.36 Å². The summed E-state index contributed by atoms with van der Waals surface area (Å²) in [6.07, 6.45) is -0.172. The smallest absolute Gasteiger partial charge is 0.490 e. The largest absolute Gasteiger partial charge is 0.522 e. The van der Waals surface area contributed by atoms with Crippen molar-refractivity contribution in [3.05, 3.63) is 41.2 Å². The molecule has 2 bridgehead atoms. The van der Waals surface area contributed by atoms with Crippen LogP contribution in [0.1, 0.15) is 48.9 Å². The number of rotatable bonds is 7. The summed E-state index contributed by atoms with van der Waals surface area (Å²) in [5.41, 5.74) is -0.140. The Morgan fingerprint density at radius 1 is 1.28 bits per heavy atom. The Bertz CT molecular complexity index is 1210. The van der Waals surface area contributed by atoms with Crippen molar-refractivity contribution in [2.75, 3.05) is 6.61 Å². The van der Waals surface area contributed by atoms with Gasteiger partial charge in [-0.3, -0.25) is 19.0 Å². The Morgan fingerprint density at radius 2 is 2.03 bits per heavy atom. The first-order chi connectivity index (χ1) is 17.0. The second kappa shape index (κ2) is 8.11. The van der Waals surface area contributed by atoms with Crippen LogP contribution in [0.5, 0.6) is 11.5 Å². The monoisotopic (exact) mass is 525 g/mol. The molecule has 192 valence electrons. The average molecular weight is 526 g/mol. The van der Waals surface area contributed by atoms with Crippen molar-refractivity contribution >= 4 is 23.3 Å². The van der Waals surface area contributed by atoms with Crippen LogP contribution in [0.4, 0.5) is 13.2 Å². The predicted molar refractivity (Wildman–Crippen MR) is 119 cm³/mol. The second-order valence-electron chi connectivity index (χ2n) is 10.4. The number of fused-ring (bicyclic) bond motifs is 1. The van der Waals surface area contributed by atoms with Gasteiger partial charge in [0.15, 0.2) is 17.6 Å². The van der Waals surface area contributed by atoms with Crippen LogP contribution >= 0.6 is 11.6 Å². The van der Waals surface area contributed by atoms with E-state index in [2.05, 4.69) is 15.2 Å². The number of nitrogens with zero attached hydrogens (tertiary/aromatic N) is 2. The van der Waals surface area contributed by atoms with Gasteiger partial charge in [-0.05, 0) is 56.2 Å². The molecule has 2 heterocycles. The quantitative estimate of drug-likeness (QED) is 0.587. The number of alkyl halides is 3. The molecule has 5 aliphatic rings. The normalized spacial score (nSPS) is 32.3. The molecule has 1 aromatic carbocycles. The topological polar surface area (TPSA) is 91.7 Å². The number of hydrogen-bond acceptors (Lipinski definition) is 6. The third-order valence-electron chi connectivity index (χ3n) is 7.59. The molecule has 0 unspecified atom stereocenters. The molecule has 1 atom stereocenters. The summed E-state index contributed by atoms with van der Waals surface area (Å²) >= 11 is 5.95. The summed E-state index contributed by atoms with van der Waals surface area (Å²) < 4.78 is 54.0. The third kappa shape index (κ3) is 4.21. The molecule has 2 aromatic rings. The zero-order chi connectivity index (χ0) is 25.3. The van der Waals surface area contributed by atoms with Crippen molar-refractivity contribution in [1.29, 1.82) is 0 Å². The maximum atomic E-state index is 12.9. The Hall–Kier alpha value is -2.79. The highest BCUT2D eigenvalue weighted by Gasteiger charge is 2.70. The number of hydrogen-bond donors (Lipinski definition) is 1. The number of carbonyl (C=O) groups excluding carboxylic acids is 2. The van der Waals surface area contributed by atoms with Crippen LogP contribution in [-0.4, -0.2) is 52.2 Å². The van der Waals surface area contributed by atoms with Crippen LogP contribution in [0, 0.1) is 5.92 Å². The van der Waals surface area contributed by atoms with Crippen LogP contribution in [0.25, 0.3) is 0 Å². The maximum absolute atomic E-state index is 12.9. The standard InChI is InChI=1S/C24H23ClF3N3O5/c25-14-1-2-19-17(5-14)18(32)6-20(35-19)21(33)30-22-10-23(11-22,12-22)31-8-16(7-29-31)34-9-13-3-15(4-13)36-24(26,27)28/h1-2,5,7-8,13,15,20H,3-4,6,9-12H2,(H,30,33)/t13-,15+,20-,22?,23?/m1/s1. The van der Waals surface area contributed by atoms with E-state index in [9.17, 15) is 22.8 Å². The van der Waals surface area contributed by atoms with Gasteiger partial charge in [-0.1, -0.05) is 11.6 Å². The molecular formula is C24H23ClF3N3O5. The van der Waals surface area contributed by atoms with E-state index in [1.54, 1.807) is 30.6 Å². The lowest BCUT2D eigenvalue weighted by atomic mass is 9.44. The molecule has 12 heteroatoms. The summed E-state index contributed by atoms with van der Waals surface area (Å²) in [6, 6.07) is 4.76. The van der Waals surface area contributed by atoms with E-state index in [4.69, 9.17) is 21.1 Å². The third-order valence-corrected chi connectivity index (χ3v) is 7.82. The number of carbonyl (C=O) groups is 2. The van der Waals surface area contributed by atoms with Gasteiger partial charge in [0.2, 0.25) is 0 Å². The fourth-order valence-electron chi connectivity index (χ4n) is 5.84. The van der Waals surface area contributed by atoms with E-state index >= 15 is 0 Å². The van der Waals surface area contributed by atoms with Crippen molar-refractivity contribution in [1.82, 2.24) is 15.1 Å². The van der Waals surface area contributed by atoms with E-state index in [1.165, 1.54) is 0 Å².